The summed E-state index contributed by atoms with van der Waals surface area (Å²) in [5, 5.41) is 10.4. The molecule has 1 aliphatic heterocycles. The summed E-state index contributed by atoms with van der Waals surface area (Å²) in [5.74, 6) is 0. The Balaban J connectivity index is 2.79. The zero-order valence-corrected chi connectivity index (χ0v) is 17.6. The fourth-order valence-electron chi connectivity index (χ4n) is 2.68. The summed E-state index contributed by atoms with van der Waals surface area (Å²) in [6.07, 6.45) is 4.08. The number of hydrogen-bond donors (Lipinski definition) is 1. The Morgan fingerprint density at radius 1 is 0.792 bits per heavy atom. The van der Waals surface area contributed by atoms with Gasteiger partial charge in [0.1, 0.15) is 18.3 Å². The maximum absolute atomic E-state index is 10.4. The van der Waals surface area contributed by atoms with Crippen LogP contribution < -0.4 is 0 Å². The van der Waals surface area contributed by atoms with Crippen molar-refractivity contribution in [3.05, 3.63) is 0 Å². The highest BCUT2D eigenvalue weighted by molar-refractivity contribution is 14.1. The van der Waals surface area contributed by atoms with Crippen LogP contribution in [-0.2, 0) is 18.9 Å². The SMILES string of the molecule is CCCCO[C@@H]1[C@@H](OCCCC)[C@@H](OCCCC)C(CI)O[C@@H]1O. The van der Waals surface area contributed by atoms with Gasteiger partial charge in [-0.2, -0.15) is 0 Å². The molecule has 1 heterocycles. The van der Waals surface area contributed by atoms with Crippen molar-refractivity contribution in [2.45, 2.75) is 90.0 Å². The molecule has 1 fully saturated rings. The lowest BCUT2D eigenvalue weighted by molar-refractivity contribution is -0.301. The minimum absolute atomic E-state index is 0.171. The number of alkyl halides is 1. The third-order valence-electron chi connectivity index (χ3n) is 4.19. The van der Waals surface area contributed by atoms with Crippen LogP contribution in [0.15, 0.2) is 0 Å². The van der Waals surface area contributed by atoms with E-state index in [4.69, 9.17) is 18.9 Å². The molecule has 6 heteroatoms. The van der Waals surface area contributed by atoms with Crippen LogP contribution in [-0.4, -0.2) is 60.1 Å². The van der Waals surface area contributed by atoms with Crippen molar-refractivity contribution in [2.24, 2.45) is 0 Å². The molecule has 5 atom stereocenters. The van der Waals surface area contributed by atoms with Crippen LogP contribution in [0.3, 0.4) is 0 Å². The number of aliphatic hydroxyl groups is 1. The lowest BCUT2D eigenvalue weighted by Gasteiger charge is -2.44. The van der Waals surface area contributed by atoms with Crippen LogP contribution in [0.25, 0.3) is 0 Å². The molecule has 1 unspecified atom stereocenters. The largest absolute Gasteiger partial charge is 0.373 e. The molecule has 1 N–H and O–H groups in total. The molecular weight excluding hydrogens is 423 g/mol. The first-order chi connectivity index (χ1) is 11.7. The van der Waals surface area contributed by atoms with Crippen molar-refractivity contribution in [3.63, 3.8) is 0 Å². The molecule has 5 nitrogen and oxygen atoms in total. The standard InChI is InChI=1S/C18H35IO5/c1-4-7-10-21-15-14(13-19)24-18(20)17(23-12-9-6-3)16(15)22-11-8-5-2/h14-18,20H,4-13H2,1-3H3/t14?,15-,16-,17+,18-/m0/s1. The number of aliphatic hydroxyl groups excluding tert-OH is 1. The molecule has 0 aliphatic carbocycles. The van der Waals surface area contributed by atoms with E-state index in [2.05, 4.69) is 43.4 Å². The Morgan fingerprint density at radius 2 is 1.25 bits per heavy atom. The van der Waals surface area contributed by atoms with Gasteiger partial charge in [-0.15, -0.1) is 0 Å². The maximum Gasteiger partial charge on any atom is 0.184 e. The van der Waals surface area contributed by atoms with Crippen molar-refractivity contribution in [2.75, 3.05) is 24.2 Å². The highest BCUT2D eigenvalue weighted by Crippen LogP contribution is 2.29. The molecule has 1 saturated heterocycles. The van der Waals surface area contributed by atoms with Gasteiger partial charge in [0.05, 0.1) is 6.10 Å². The smallest absolute Gasteiger partial charge is 0.184 e. The fourth-order valence-corrected chi connectivity index (χ4v) is 3.39. The van der Waals surface area contributed by atoms with Gasteiger partial charge in [-0.3, -0.25) is 0 Å². The maximum atomic E-state index is 10.4. The lowest BCUT2D eigenvalue weighted by Crippen LogP contribution is -2.60. The third-order valence-corrected chi connectivity index (χ3v) is 5.05. The van der Waals surface area contributed by atoms with E-state index >= 15 is 0 Å². The second-order valence-corrected chi connectivity index (χ2v) is 7.17. The summed E-state index contributed by atoms with van der Waals surface area (Å²) < 4.78 is 24.7. The summed E-state index contributed by atoms with van der Waals surface area (Å²) >= 11 is 2.28. The Kier molecular flexibility index (Phi) is 12.9. The molecule has 24 heavy (non-hydrogen) atoms. The van der Waals surface area contributed by atoms with Crippen LogP contribution in [0.2, 0.25) is 0 Å². The molecule has 0 bridgehead atoms. The predicted octanol–water partition coefficient (Wildman–Crippen LogP) is 3.69. The minimum Gasteiger partial charge on any atom is -0.373 e. The first-order valence-electron chi connectivity index (χ1n) is 9.43. The molecule has 0 amide bonds. The molecule has 1 rings (SSSR count). The Hall–Kier alpha value is 0.530. The van der Waals surface area contributed by atoms with E-state index < -0.39 is 12.4 Å². The fraction of sp³-hybridized carbons (Fsp3) is 1.00. The quantitative estimate of drug-likeness (QED) is 0.259. The van der Waals surface area contributed by atoms with E-state index in [-0.39, 0.29) is 18.3 Å². The van der Waals surface area contributed by atoms with Gasteiger partial charge in [0.25, 0.3) is 0 Å². The van der Waals surface area contributed by atoms with Gasteiger partial charge in [0.2, 0.25) is 0 Å². The molecular formula is C18H35IO5. The molecule has 144 valence electrons. The van der Waals surface area contributed by atoms with Gasteiger partial charge in [0.15, 0.2) is 6.29 Å². The molecule has 0 spiro atoms. The summed E-state index contributed by atoms with van der Waals surface area (Å²) in [6, 6.07) is 0. The molecule has 0 saturated carbocycles. The number of hydrogen-bond acceptors (Lipinski definition) is 5. The summed E-state index contributed by atoms with van der Waals surface area (Å²) in [4.78, 5) is 0. The number of unbranched alkanes of at least 4 members (excludes halogenated alkanes) is 3. The highest BCUT2D eigenvalue weighted by atomic mass is 127. The normalized spacial score (nSPS) is 30.6. The van der Waals surface area contributed by atoms with Crippen molar-refractivity contribution >= 4 is 22.6 Å². The van der Waals surface area contributed by atoms with Crippen LogP contribution in [0.4, 0.5) is 0 Å². The summed E-state index contributed by atoms with van der Waals surface area (Å²) in [5.41, 5.74) is 0. The summed E-state index contributed by atoms with van der Waals surface area (Å²) in [6.45, 7) is 8.35. The topological polar surface area (TPSA) is 57.2 Å². The molecule has 0 aromatic heterocycles. The molecule has 0 aromatic carbocycles. The van der Waals surface area contributed by atoms with E-state index in [9.17, 15) is 5.11 Å². The highest BCUT2D eigenvalue weighted by Gasteiger charge is 2.47. The van der Waals surface area contributed by atoms with Gasteiger partial charge < -0.3 is 24.1 Å². The second kappa shape index (κ2) is 13.7. The number of rotatable bonds is 13. The molecule has 0 radical (unpaired) electrons. The van der Waals surface area contributed by atoms with Crippen LogP contribution >= 0.6 is 22.6 Å². The first kappa shape index (κ1) is 22.6. The Labute approximate surface area is 160 Å². The zero-order valence-electron chi connectivity index (χ0n) is 15.4. The average Bonchev–Trinajstić information content (AvgIpc) is 2.58. The van der Waals surface area contributed by atoms with E-state index in [0.29, 0.717) is 19.8 Å². The zero-order chi connectivity index (χ0) is 17.8. The first-order valence-corrected chi connectivity index (χ1v) is 11.0. The van der Waals surface area contributed by atoms with Gasteiger partial charge >= 0.3 is 0 Å². The average molecular weight is 458 g/mol. The Morgan fingerprint density at radius 3 is 1.71 bits per heavy atom. The van der Waals surface area contributed by atoms with Crippen molar-refractivity contribution in [1.82, 2.24) is 0 Å². The number of halogens is 1. The Bertz CT molecular complexity index is 305. The van der Waals surface area contributed by atoms with E-state index in [1.54, 1.807) is 0 Å². The van der Waals surface area contributed by atoms with E-state index in [1.807, 2.05) is 0 Å². The van der Waals surface area contributed by atoms with E-state index in [1.165, 1.54) is 0 Å². The third kappa shape index (κ3) is 7.41. The van der Waals surface area contributed by atoms with E-state index in [0.717, 1.165) is 43.0 Å². The minimum atomic E-state index is -0.959. The molecule has 0 aromatic rings. The summed E-state index contributed by atoms with van der Waals surface area (Å²) in [7, 11) is 0. The van der Waals surface area contributed by atoms with Crippen molar-refractivity contribution < 1.29 is 24.1 Å². The lowest BCUT2D eigenvalue weighted by atomic mass is 9.99. The van der Waals surface area contributed by atoms with Crippen LogP contribution in [0.5, 0.6) is 0 Å². The van der Waals surface area contributed by atoms with Crippen LogP contribution in [0.1, 0.15) is 59.3 Å². The second-order valence-electron chi connectivity index (χ2n) is 6.29. The van der Waals surface area contributed by atoms with Gasteiger partial charge in [-0.05, 0) is 19.3 Å². The number of ether oxygens (including phenoxy) is 4. The van der Waals surface area contributed by atoms with Gasteiger partial charge in [-0.25, -0.2) is 0 Å². The van der Waals surface area contributed by atoms with Crippen molar-refractivity contribution in [3.8, 4) is 0 Å². The predicted molar refractivity (Wildman–Crippen MR) is 104 cm³/mol. The molecule has 1 aliphatic rings. The van der Waals surface area contributed by atoms with Crippen molar-refractivity contribution in [1.29, 1.82) is 0 Å². The van der Waals surface area contributed by atoms with Crippen LogP contribution in [0, 0.1) is 0 Å². The van der Waals surface area contributed by atoms with Gasteiger partial charge in [-0.1, -0.05) is 62.6 Å². The van der Waals surface area contributed by atoms with Gasteiger partial charge in [0, 0.05) is 24.2 Å². The monoisotopic (exact) mass is 458 g/mol.